The van der Waals surface area contributed by atoms with Crippen molar-refractivity contribution in [1.82, 2.24) is 15.1 Å². The summed E-state index contributed by atoms with van der Waals surface area (Å²) >= 11 is 6.05. The first-order chi connectivity index (χ1) is 10.6. The molecule has 1 heterocycles. The Labute approximate surface area is 138 Å². The topological polar surface area (TPSA) is 35.6 Å². The van der Waals surface area contributed by atoms with E-state index >= 15 is 0 Å². The van der Waals surface area contributed by atoms with Gasteiger partial charge in [0, 0.05) is 56.8 Å². The Kier molecular flexibility index (Phi) is 6.68. The molecule has 2 rings (SSSR count). The number of piperazine rings is 1. The minimum atomic E-state index is 0.262. The zero-order valence-electron chi connectivity index (χ0n) is 13.5. The summed E-state index contributed by atoms with van der Waals surface area (Å²) < 4.78 is 0. The van der Waals surface area contributed by atoms with Gasteiger partial charge in [-0.25, -0.2) is 0 Å². The van der Waals surface area contributed by atoms with Crippen LogP contribution in [0.3, 0.4) is 0 Å². The Hall–Kier alpha value is -1.10. The molecule has 4 nitrogen and oxygen atoms in total. The smallest absolute Gasteiger partial charge is 0.223 e. The third-order valence-corrected chi connectivity index (χ3v) is 4.32. The van der Waals surface area contributed by atoms with Crippen LogP contribution < -0.4 is 5.32 Å². The SMILES string of the molecule is CC(C)N(CCC(=O)N1CCNCC1)Cc1cccc(Cl)c1. The van der Waals surface area contributed by atoms with E-state index in [1.807, 2.05) is 23.1 Å². The molecular weight excluding hydrogens is 298 g/mol. The molecule has 0 unspecified atom stereocenters. The largest absolute Gasteiger partial charge is 0.340 e. The Bertz CT molecular complexity index is 487. The first-order valence-electron chi connectivity index (χ1n) is 8.03. The monoisotopic (exact) mass is 323 g/mol. The van der Waals surface area contributed by atoms with E-state index < -0.39 is 0 Å². The summed E-state index contributed by atoms with van der Waals surface area (Å²) in [5, 5.41) is 4.04. The molecule has 0 aromatic heterocycles. The average molecular weight is 324 g/mol. The van der Waals surface area contributed by atoms with Gasteiger partial charge in [0.1, 0.15) is 0 Å². The van der Waals surface area contributed by atoms with Gasteiger partial charge in [0.2, 0.25) is 5.91 Å². The first-order valence-corrected chi connectivity index (χ1v) is 8.41. The molecule has 0 aliphatic carbocycles. The minimum Gasteiger partial charge on any atom is -0.340 e. The van der Waals surface area contributed by atoms with Gasteiger partial charge in [-0.15, -0.1) is 0 Å². The van der Waals surface area contributed by atoms with Gasteiger partial charge in [-0.3, -0.25) is 9.69 Å². The van der Waals surface area contributed by atoms with Gasteiger partial charge >= 0.3 is 0 Å². The van der Waals surface area contributed by atoms with Crippen molar-refractivity contribution in [1.29, 1.82) is 0 Å². The second kappa shape index (κ2) is 8.51. The molecule has 0 saturated carbocycles. The Morgan fingerprint density at radius 2 is 2.09 bits per heavy atom. The lowest BCUT2D eigenvalue weighted by Gasteiger charge is -2.30. The van der Waals surface area contributed by atoms with Crippen LogP contribution in [-0.2, 0) is 11.3 Å². The molecule has 0 atom stereocenters. The van der Waals surface area contributed by atoms with E-state index in [-0.39, 0.29) is 5.91 Å². The maximum Gasteiger partial charge on any atom is 0.223 e. The molecule has 1 aliphatic rings. The van der Waals surface area contributed by atoms with Crippen molar-refractivity contribution >= 4 is 17.5 Å². The molecule has 1 aliphatic heterocycles. The van der Waals surface area contributed by atoms with Crippen molar-refractivity contribution in [3.05, 3.63) is 34.9 Å². The van der Waals surface area contributed by atoms with Crippen LogP contribution in [0.4, 0.5) is 0 Å². The summed E-state index contributed by atoms with van der Waals surface area (Å²) in [6, 6.07) is 8.34. The number of benzene rings is 1. The number of amides is 1. The lowest BCUT2D eigenvalue weighted by atomic mass is 10.1. The van der Waals surface area contributed by atoms with E-state index in [1.54, 1.807) is 0 Å². The zero-order valence-corrected chi connectivity index (χ0v) is 14.3. The van der Waals surface area contributed by atoms with Crippen LogP contribution in [0.25, 0.3) is 0 Å². The molecule has 1 fully saturated rings. The third-order valence-electron chi connectivity index (χ3n) is 4.09. The first kappa shape index (κ1) is 17.3. The summed E-state index contributed by atoms with van der Waals surface area (Å²) in [4.78, 5) is 16.6. The quantitative estimate of drug-likeness (QED) is 0.873. The molecule has 0 spiro atoms. The normalized spacial score (nSPS) is 15.6. The highest BCUT2D eigenvalue weighted by molar-refractivity contribution is 6.30. The number of rotatable bonds is 6. The highest BCUT2D eigenvalue weighted by Gasteiger charge is 2.18. The number of nitrogens with one attached hydrogen (secondary N) is 1. The lowest BCUT2D eigenvalue weighted by molar-refractivity contribution is -0.132. The van der Waals surface area contributed by atoms with Crippen LogP contribution >= 0.6 is 11.6 Å². The van der Waals surface area contributed by atoms with Gasteiger partial charge < -0.3 is 10.2 Å². The summed E-state index contributed by atoms with van der Waals surface area (Å²) in [5.41, 5.74) is 1.19. The van der Waals surface area contributed by atoms with Crippen LogP contribution in [0.1, 0.15) is 25.8 Å². The molecule has 1 saturated heterocycles. The van der Waals surface area contributed by atoms with Crippen LogP contribution in [0, 0.1) is 0 Å². The number of carbonyl (C=O) groups excluding carboxylic acids is 1. The third kappa shape index (κ3) is 5.27. The molecule has 0 radical (unpaired) electrons. The van der Waals surface area contributed by atoms with Gasteiger partial charge in [0.25, 0.3) is 0 Å². The number of carbonyl (C=O) groups is 1. The van der Waals surface area contributed by atoms with Crippen molar-refractivity contribution < 1.29 is 4.79 Å². The Balaban J connectivity index is 1.87. The Morgan fingerprint density at radius 3 is 2.73 bits per heavy atom. The molecular formula is C17H26ClN3O. The molecule has 1 N–H and O–H groups in total. The van der Waals surface area contributed by atoms with Gasteiger partial charge in [-0.1, -0.05) is 23.7 Å². The molecule has 1 aromatic carbocycles. The van der Waals surface area contributed by atoms with Crippen LogP contribution in [0.15, 0.2) is 24.3 Å². The maximum atomic E-state index is 12.3. The van der Waals surface area contributed by atoms with Gasteiger partial charge in [-0.2, -0.15) is 0 Å². The predicted octanol–water partition coefficient (Wildman–Crippen LogP) is 2.37. The second-order valence-electron chi connectivity index (χ2n) is 6.07. The fourth-order valence-corrected chi connectivity index (χ4v) is 2.91. The van der Waals surface area contributed by atoms with Crippen molar-refractivity contribution in [3.8, 4) is 0 Å². The number of hydrogen-bond acceptors (Lipinski definition) is 3. The van der Waals surface area contributed by atoms with E-state index in [0.717, 1.165) is 44.3 Å². The molecule has 122 valence electrons. The van der Waals surface area contributed by atoms with E-state index in [2.05, 4.69) is 30.1 Å². The van der Waals surface area contributed by atoms with Crippen molar-refractivity contribution in [2.75, 3.05) is 32.7 Å². The molecule has 1 amide bonds. The molecule has 22 heavy (non-hydrogen) atoms. The van der Waals surface area contributed by atoms with Gasteiger partial charge in [0.15, 0.2) is 0 Å². The lowest BCUT2D eigenvalue weighted by Crippen LogP contribution is -2.47. The van der Waals surface area contributed by atoms with Crippen LogP contribution in [0.5, 0.6) is 0 Å². The van der Waals surface area contributed by atoms with Crippen LogP contribution in [0.2, 0.25) is 5.02 Å². The maximum absolute atomic E-state index is 12.3. The highest BCUT2D eigenvalue weighted by atomic mass is 35.5. The summed E-state index contributed by atoms with van der Waals surface area (Å²) in [5.74, 6) is 0.262. The number of nitrogens with zero attached hydrogens (tertiary/aromatic N) is 2. The minimum absolute atomic E-state index is 0.262. The van der Waals surface area contributed by atoms with E-state index in [9.17, 15) is 4.79 Å². The van der Waals surface area contributed by atoms with Crippen molar-refractivity contribution in [3.63, 3.8) is 0 Å². The highest BCUT2D eigenvalue weighted by Crippen LogP contribution is 2.14. The van der Waals surface area contributed by atoms with Gasteiger partial charge in [-0.05, 0) is 31.5 Å². The van der Waals surface area contributed by atoms with Crippen molar-refractivity contribution in [2.45, 2.75) is 32.9 Å². The van der Waals surface area contributed by atoms with E-state index in [4.69, 9.17) is 11.6 Å². The fraction of sp³-hybridized carbons (Fsp3) is 0.588. The predicted molar refractivity (Wildman–Crippen MR) is 91.1 cm³/mol. The summed E-state index contributed by atoms with van der Waals surface area (Å²) in [7, 11) is 0. The Morgan fingerprint density at radius 1 is 1.36 bits per heavy atom. The van der Waals surface area contributed by atoms with Gasteiger partial charge in [0.05, 0.1) is 0 Å². The molecule has 0 bridgehead atoms. The zero-order chi connectivity index (χ0) is 15.9. The standard InChI is InChI=1S/C17H26ClN3O/c1-14(2)21(13-15-4-3-5-16(18)12-15)9-6-17(22)20-10-7-19-8-11-20/h3-5,12,14,19H,6-11,13H2,1-2H3. The molecule has 5 heteroatoms. The van der Waals surface area contributed by atoms with Crippen molar-refractivity contribution in [2.24, 2.45) is 0 Å². The van der Waals surface area contributed by atoms with E-state index in [1.165, 1.54) is 5.56 Å². The van der Waals surface area contributed by atoms with E-state index in [0.29, 0.717) is 12.5 Å². The fourth-order valence-electron chi connectivity index (χ4n) is 2.70. The average Bonchev–Trinajstić information content (AvgIpc) is 2.51. The molecule has 1 aromatic rings. The summed E-state index contributed by atoms with van der Waals surface area (Å²) in [6.45, 7) is 9.41. The van der Waals surface area contributed by atoms with Crippen LogP contribution in [-0.4, -0.2) is 54.5 Å². The number of halogens is 1. The number of hydrogen-bond donors (Lipinski definition) is 1. The summed E-state index contributed by atoms with van der Waals surface area (Å²) in [6.07, 6.45) is 0.582. The second-order valence-corrected chi connectivity index (χ2v) is 6.51.